The van der Waals surface area contributed by atoms with Gasteiger partial charge in [0, 0.05) is 19.6 Å². The maximum Gasteiger partial charge on any atom is 0.191 e. The Balaban J connectivity index is 1.86. The summed E-state index contributed by atoms with van der Waals surface area (Å²) in [6.07, 6.45) is -4.36. The fraction of sp³-hybridized carbons (Fsp3) is 0.421. The van der Waals surface area contributed by atoms with Crippen molar-refractivity contribution in [3.63, 3.8) is 0 Å². The highest BCUT2D eigenvalue weighted by Gasteiger charge is 2.44. The summed E-state index contributed by atoms with van der Waals surface area (Å²) in [6.45, 7) is 0. The number of aryl methyl sites for hydroxylation is 2. The second kappa shape index (κ2) is 7.59. The van der Waals surface area contributed by atoms with Gasteiger partial charge in [-0.05, 0) is 24.1 Å². The van der Waals surface area contributed by atoms with Crippen LogP contribution in [0.15, 0.2) is 39.5 Å². The average molecular weight is 362 g/mol. The van der Waals surface area contributed by atoms with Crippen molar-refractivity contribution in [2.24, 2.45) is 0 Å². The molecule has 140 valence electrons. The third kappa shape index (κ3) is 3.39. The van der Waals surface area contributed by atoms with Crippen molar-refractivity contribution in [1.29, 1.82) is 0 Å². The highest BCUT2D eigenvalue weighted by atomic mass is 16.5. The van der Waals surface area contributed by atoms with Crippen molar-refractivity contribution in [1.82, 2.24) is 0 Å². The van der Waals surface area contributed by atoms with Crippen LogP contribution in [0.4, 0.5) is 0 Å². The molecule has 2 aromatic rings. The summed E-state index contributed by atoms with van der Waals surface area (Å²) in [6, 6.07) is 8.88. The van der Waals surface area contributed by atoms with E-state index < -0.39 is 29.8 Å². The van der Waals surface area contributed by atoms with Crippen LogP contribution in [-0.4, -0.2) is 41.7 Å². The standard InChI is InChI=1S/C19H22O7/c1-24-11-6-3-10(4-7-11)5-8-12-9-13(20)14-18(25-2)16(22)15(21)17(23)19(14)26-12/h3-4,6-7,9,15-18,21-23H,5,8H2,1-2H3/t15-,16+,17+,18+/m1/s1. The van der Waals surface area contributed by atoms with Crippen molar-refractivity contribution in [2.45, 2.75) is 37.3 Å². The number of methoxy groups -OCH3 is 2. The number of aliphatic hydroxyl groups excluding tert-OH is 3. The molecule has 26 heavy (non-hydrogen) atoms. The Morgan fingerprint density at radius 2 is 1.73 bits per heavy atom. The summed E-state index contributed by atoms with van der Waals surface area (Å²) in [5, 5.41) is 30.2. The fourth-order valence-electron chi connectivity index (χ4n) is 3.20. The molecule has 7 nitrogen and oxygen atoms in total. The molecular formula is C19H22O7. The van der Waals surface area contributed by atoms with Crippen LogP contribution in [0.25, 0.3) is 0 Å². The monoisotopic (exact) mass is 362 g/mol. The third-order valence-electron chi connectivity index (χ3n) is 4.67. The lowest BCUT2D eigenvalue weighted by Gasteiger charge is -2.34. The van der Waals surface area contributed by atoms with Crippen LogP contribution in [-0.2, 0) is 17.6 Å². The van der Waals surface area contributed by atoms with Gasteiger partial charge in [-0.1, -0.05) is 12.1 Å². The minimum absolute atomic E-state index is 0.0472. The molecule has 0 spiro atoms. The number of fused-ring (bicyclic) bond motifs is 1. The smallest absolute Gasteiger partial charge is 0.191 e. The normalized spacial score (nSPS) is 25.0. The fourth-order valence-corrected chi connectivity index (χ4v) is 3.20. The molecule has 7 heteroatoms. The maximum absolute atomic E-state index is 12.5. The van der Waals surface area contributed by atoms with E-state index in [1.165, 1.54) is 13.2 Å². The maximum atomic E-state index is 12.5. The lowest BCUT2D eigenvalue weighted by molar-refractivity contribution is -0.137. The van der Waals surface area contributed by atoms with Crippen LogP contribution >= 0.6 is 0 Å². The van der Waals surface area contributed by atoms with Crippen molar-refractivity contribution < 1.29 is 29.2 Å². The van der Waals surface area contributed by atoms with Gasteiger partial charge in [0.1, 0.15) is 41.7 Å². The summed E-state index contributed by atoms with van der Waals surface area (Å²) in [4.78, 5) is 12.5. The Morgan fingerprint density at radius 1 is 1.04 bits per heavy atom. The second-order valence-electron chi connectivity index (χ2n) is 6.29. The molecule has 1 heterocycles. The summed E-state index contributed by atoms with van der Waals surface area (Å²) < 4.78 is 15.9. The topological polar surface area (TPSA) is 109 Å². The Hall–Kier alpha value is -2.19. The van der Waals surface area contributed by atoms with Crippen LogP contribution in [0.5, 0.6) is 5.75 Å². The number of rotatable bonds is 5. The first-order chi connectivity index (χ1) is 12.5. The number of benzene rings is 1. The van der Waals surface area contributed by atoms with Gasteiger partial charge in [0.2, 0.25) is 0 Å². The highest BCUT2D eigenvalue weighted by molar-refractivity contribution is 5.31. The average Bonchev–Trinajstić information content (AvgIpc) is 2.66. The SMILES string of the molecule is COc1ccc(CCc2cc(=O)c3c(o2)[C@@H](O)[C@H](O)[C@H](O)[C@H]3OC)cc1. The van der Waals surface area contributed by atoms with E-state index in [2.05, 4.69) is 0 Å². The van der Waals surface area contributed by atoms with Crippen molar-refractivity contribution in [3.05, 3.63) is 63.2 Å². The molecular weight excluding hydrogens is 340 g/mol. The lowest BCUT2D eigenvalue weighted by Crippen LogP contribution is -2.44. The van der Waals surface area contributed by atoms with Gasteiger partial charge in [0.05, 0.1) is 12.7 Å². The summed E-state index contributed by atoms with van der Waals surface area (Å²) in [7, 11) is 2.92. The Labute approximate surface area is 150 Å². The van der Waals surface area contributed by atoms with Crippen LogP contribution < -0.4 is 10.2 Å². The minimum Gasteiger partial charge on any atom is -0.497 e. The zero-order valence-corrected chi connectivity index (χ0v) is 14.6. The molecule has 3 rings (SSSR count). The van der Waals surface area contributed by atoms with E-state index in [1.807, 2.05) is 24.3 Å². The molecule has 1 aliphatic carbocycles. The highest BCUT2D eigenvalue weighted by Crippen LogP contribution is 2.37. The second-order valence-corrected chi connectivity index (χ2v) is 6.29. The van der Waals surface area contributed by atoms with E-state index >= 15 is 0 Å². The van der Waals surface area contributed by atoms with Crippen LogP contribution in [0.1, 0.15) is 34.9 Å². The number of aliphatic hydroxyl groups is 3. The molecule has 3 N–H and O–H groups in total. The summed E-state index contributed by atoms with van der Waals surface area (Å²) in [5.41, 5.74) is 0.691. The van der Waals surface area contributed by atoms with Gasteiger partial charge >= 0.3 is 0 Å². The molecule has 0 unspecified atom stereocenters. The molecule has 0 amide bonds. The van der Waals surface area contributed by atoms with Gasteiger partial charge in [-0.15, -0.1) is 0 Å². The Bertz CT molecular complexity index is 812. The molecule has 1 aromatic heterocycles. The van der Waals surface area contributed by atoms with Crippen molar-refractivity contribution >= 4 is 0 Å². The molecule has 0 fully saturated rings. The molecule has 4 atom stereocenters. The number of ether oxygens (including phenoxy) is 2. The van der Waals surface area contributed by atoms with Crippen LogP contribution in [0.3, 0.4) is 0 Å². The van der Waals surface area contributed by atoms with Gasteiger partial charge in [-0.2, -0.15) is 0 Å². The Kier molecular flexibility index (Phi) is 5.43. The molecule has 0 saturated heterocycles. The molecule has 0 bridgehead atoms. The Morgan fingerprint density at radius 3 is 2.35 bits per heavy atom. The predicted octanol–water partition coefficient (Wildman–Crippen LogP) is 0.890. The summed E-state index contributed by atoms with van der Waals surface area (Å²) >= 11 is 0. The molecule has 1 aliphatic rings. The van der Waals surface area contributed by atoms with Gasteiger partial charge < -0.3 is 29.2 Å². The molecule has 0 saturated carbocycles. The molecule has 0 aliphatic heterocycles. The van der Waals surface area contributed by atoms with Crippen molar-refractivity contribution in [3.8, 4) is 5.75 Å². The first kappa shape index (κ1) is 18.6. The third-order valence-corrected chi connectivity index (χ3v) is 4.67. The van der Waals surface area contributed by atoms with E-state index in [0.29, 0.717) is 18.6 Å². The molecule has 1 aromatic carbocycles. The first-order valence-electron chi connectivity index (χ1n) is 8.33. The largest absolute Gasteiger partial charge is 0.497 e. The van der Waals surface area contributed by atoms with Crippen molar-refractivity contribution in [2.75, 3.05) is 14.2 Å². The van der Waals surface area contributed by atoms with E-state index in [9.17, 15) is 20.1 Å². The van der Waals surface area contributed by atoms with E-state index in [1.54, 1.807) is 7.11 Å². The van der Waals surface area contributed by atoms with E-state index in [-0.39, 0.29) is 11.3 Å². The van der Waals surface area contributed by atoms with Gasteiger partial charge in [0.15, 0.2) is 5.43 Å². The summed E-state index contributed by atoms with van der Waals surface area (Å²) in [5.74, 6) is 1.10. The number of hydrogen-bond acceptors (Lipinski definition) is 7. The van der Waals surface area contributed by atoms with Gasteiger partial charge in [-0.3, -0.25) is 4.79 Å². The quantitative estimate of drug-likeness (QED) is 0.725. The van der Waals surface area contributed by atoms with E-state index in [4.69, 9.17) is 13.9 Å². The minimum atomic E-state index is -1.49. The zero-order chi connectivity index (χ0) is 18.8. The van der Waals surface area contributed by atoms with E-state index in [0.717, 1.165) is 11.3 Å². The van der Waals surface area contributed by atoms with Crippen LogP contribution in [0, 0.1) is 0 Å². The van der Waals surface area contributed by atoms with Gasteiger partial charge in [0.25, 0.3) is 0 Å². The van der Waals surface area contributed by atoms with Gasteiger partial charge in [-0.25, -0.2) is 0 Å². The number of hydrogen-bond donors (Lipinski definition) is 3. The molecule has 0 radical (unpaired) electrons. The lowest BCUT2D eigenvalue weighted by atomic mass is 9.87. The zero-order valence-electron chi connectivity index (χ0n) is 14.6. The first-order valence-corrected chi connectivity index (χ1v) is 8.33. The predicted molar refractivity (Wildman–Crippen MR) is 92.1 cm³/mol. The van der Waals surface area contributed by atoms with Crippen LogP contribution in [0.2, 0.25) is 0 Å².